The zero-order valence-corrected chi connectivity index (χ0v) is 7.47. The summed E-state index contributed by atoms with van der Waals surface area (Å²) in [6, 6.07) is 0. The van der Waals surface area contributed by atoms with Crippen LogP contribution in [0.4, 0.5) is 0 Å². The SMILES string of the molecule is CC1CC1CNCC1CCC1. The molecule has 0 radical (unpaired) electrons. The number of rotatable bonds is 4. The molecule has 0 spiro atoms. The molecule has 1 heteroatoms. The van der Waals surface area contributed by atoms with Crippen LogP contribution in [0.2, 0.25) is 0 Å². The first-order valence-corrected chi connectivity index (χ1v) is 5.07. The molecule has 2 aliphatic rings. The maximum atomic E-state index is 3.58. The van der Waals surface area contributed by atoms with Gasteiger partial charge in [0.2, 0.25) is 0 Å². The van der Waals surface area contributed by atoms with Crippen LogP contribution in [0.15, 0.2) is 0 Å². The average molecular weight is 153 g/mol. The molecule has 2 fully saturated rings. The number of hydrogen-bond donors (Lipinski definition) is 1. The molecule has 2 aliphatic carbocycles. The first-order chi connectivity index (χ1) is 5.36. The molecule has 2 rings (SSSR count). The topological polar surface area (TPSA) is 12.0 Å². The van der Waals surface area contributed by atoms with Crippen molar-refractivity contribution in [1.29, 1.82) is 0 Å². The van der Waals surface area contributed by atoms with Crippen molar-refractivity contribution in [3.05, 3.63) is 0 Å². The van der Waals surface area contributed by atoms with Gasteiger partial charge in [0.05, 0.1) is 0 Å². The van der Waals surface area contributed by atoms with Crippen LogP contribution in [0, 0.1) is 17.8 Å². The van der Waals surface area contributed by atoms with E-state index in [2.05, 4.69) is 12.2 Å². The van der Waals surface area contributed by atoms with Crippen LogP contribution in [-0.2, 0) is 0 Å². The fraction of sp³-hybridized carbons (Fsp3) is 1.00. The van der Waals surface area contributed by atoms with Gasteiger partial charge in [-0.1, -0.05) is 13.3 Å². The van der Waals surface area contributed by atoms with Crippen molar-refractivity contribution < 1.29 is 0 Å². The Morgan fingerprint density at radius 2 is 2.00 bits per heavy atom. The summed E-state index contributed by atoms with van der Waals surface area (Å²) in [5.74, 6) is 3.07. The van der Waals surface area contributed by atoms with Gasteiger partial charge in [0.25, 0.3) is 0 Å². The highest BCUT2D eigenvalue weighted by Gasteiger charge is 2.31. The molecule has 0 aliphatic heterocycles. The van der Waals surface area contributed by atoms with E-state index in [4.69, 9.17) is 0 Å². The van der Waals surface area contributed by atoms with Gasteiger partial charge in [0, 0.05) is 0 Å². The summed E-state index contributed by atoms with van der Waals surface area (Å²) in [4.78, 5) is 0. The smallest absolute Gasteiger partial charge is 0.00177 e. The highest BCUT2D eigenvalue weighted by atomic mass is 14.9. The molecule has 2 atom stereocenters. The summed E-state index contributed by atoms with van der Waals surface area (Å²) < 4.78 is 0. The van der Waals surface area contributed by atoms with Crippen LogP contribution in [-0.4, -0.2) is 13.1 Å². The van der Waals surface area contributed by atoms with Crippen molar-refractivity contribution in [2.75, 3.05) is 13.1 Å². The van der Waals surface area contributed by atoms with Gasteiger partial charge >= 0.3 is 0 Å². The van der Waals surface area contributed by atoms with Crippen molar-refractivity contribution in [1.82, 2.24) is 5.32 Å². The molecule has 1 nitrogen and oxygen atoms in total. The summed E-state index contributed by atoms with van der Waals surface area (Å²) in [5.41, 5.74) is 0. The molecule has 2 saturated carbocycles. The molecule has 0 heterocycles. The first kappa shape index (κ1) is 7.60. The summed E-state index contributed by atoms with van der Waals surface area (Å²) in [5, 5.41) is 3.58. The minimum atomic E-state index is 1.02. The normalized spacial score (nSPS) is 36.8. The van der Waals surface area contributed by atoms with E-state index < -0.39 is 0 Å². The molecule has 11 heavy (non-hydrogen) atoms. The lowest BCUT2D eigenvalue weighted by Gasteiger charge is -2.25. The van der Waals surface area contributed by atoms with Crippen LogP contribution < -0.4 is 5.32 Å². The molecule has 0 bridgehead atoms. The van der Waals surface area contributed by atoms with Gasteiger partial charge in [-0.15, -0.1) is 0 Å². The zero-order chi connectivity index (χ0) is 7.68. The van der Waals surface area contributed by atoms with Crippen molar-refractivity contribution in [3.63, 3.8) is 0 Å². The second kappa shape index (κ2) is 3.14. The van der Waals surface area contributed by atoms with Gasteiger partial charge in [-0.25, -0.2) is 0 Å². The minimum Gasteiger partial charge on any atom is -0.316 e. The van der Waals surface area contributed by atoms with E-state index in [0.29, 0.717) is 0 Å². The number of hydrogen-bond acceptors (Lipinski definition) is 1. The maximum absolute atomic E-state index is 3.58. The highest BCUT2D eigenvalue weighted by Crippen LogP contribution is 2.36. The second-order valence-electron chi connectivity index (χ2n) is 4.43. The van der Waals surface area contributed by atoms with Crippen molar-refractivity contribution in [3.8, 4) is 0 Å². The Balaban J connectivity index is 1.47. The summed E-state index contributed by atoms with van der Waals surface area (Å²) in [6.07, 6.45) is 5.91. The third-order valence-electron chi connectivity index (χ3n) is 3.34. The molecule has 64 valence electrons. The Kier molecular flexibility index (Phi) is 2.17. The molecule has 0 saturated heterocycles. The second-order valence-corrected chi connectivity index (χ2v) is 4.43. The van der Waals surface area contributed by atoms with E-state index in [-0.39, 0.29) is 0 Å². The standard InChI is InChI=1S/C10H19N/c1-8-5-10(8)7-11-6-9-3-2-4-9/h8-11H,2-7H2,1H3. The average Bonchev–Trinajstić information content (AvgIpc) is 2.55. The Bertz CT molecular complexity index is 124. The molecular formula is C10H19N. The fourth-order valence-corrected chi connectivity index (χ4v) is 1.85. The monoisotopic (exact) mass is 153 g/mol. The Hall–Kier alpha value is -0.0400. The van der Waals surface area contributed by atoms with Crippen molar-refractivity contribution in [2.24, 2.45) is 17.8 Å². The largest absolute Gasteiger partial charge is 0.316 e. The van der Waals surface area contributed by atoms with E-state index in [1.807, 2.05) is 0 Å². The molecular weight excluding hydrogens is 134 g/mol. The molecule has 0 amide bonds. The Labute approximate surface area is 69.6 Å². The van der Waals surface area contributed by atoms with Gasteiger partial charge in [-0.3, -0.25) is 0 Å². The molecule has 2 unspecified atom stereocenters. The van der Waals surface area contributed by atoms with Crippen LogP contribution in [0.3, 0.4) is 0 Å². The van der Waals surface area contributed by atoms with E-state index in [0.717, 1.165) is 17.8 Å². The predicted molar refractivity (Wildman–Crippen MR) is 47.5 cm³/mol. The summed E-state index contributed by atoms with van der Waals surface area (Å²) in [7, 11) is 0. The lowest BCUT2D eigenvalue weighted by molar-refractivity contribution is 0.300. The Morgan fingerprint density at radius 1 is 1.27 bits per heavy atom. The predicted octanol–water partition coefficient (Wildman–Crippen LogP) is 2.03. The maximum Gasteiger partial charge on any atom is -0.00177 e. The van der Waals surface area contributed by atoms with Crippen LogP contribution >= 0.6 is 0 Å². The molecule has 0 aromatic carbocycles. The molecule has 0 aromatic heterocycles. The van der Waals surface area contributed by atoms with Gasteiger partial charge in [-0.05, 0) is 50.1 Å². The van der Waals surface area contributed by atoms with E-state index in [9.17, 15) is 0 Å². The zero-order valence-electron chi connectivity index (χ0n) is 7.47. The van der Waals surface area contributed by atoms with Crippen LogP contribution in [0.5, 0.6) is 0 Å². The van der Waals surface area contributed by atoms with E-state index >= 15 is 0 Å². The molecule has 0 aromatic rings. The van der Waals surface area contributed by atoms with Gasteiger partial charge < -0.3 is 5.32 Å². The van der Waals surface area contributed by atoms with E-state index in [1.54, 1.807) is 0 Å². The van der Waals surface area contributed by atoms with Crippen LogP contribution in [0.1, 0.15) is 32.6 Å². The molecule has 1 N–H and O–H groups in total. The quantitative estimate of drug-likeness (QED) is 0.651. The first-order valence-electron chi connectivity index (χ1n) is 5.07. The van der Waals surface area contributed by atoms with E-state index in [1.165, 1.54) is 38.8 Å². The third kappa shape index (κ3) is 1.96. The third-order valence-corrected chi connectivity index (χ3v) is 3.34. The lowest BCUT2D eigenvalue weighted by atomic mass is 9.85. The Morgan fingerprint density at radius 3 is 2.45 bits per heavy atom. The van der Waals surface area contributed by atoms with Crippen molar-refractivity contribution in [2.45, 2.75) is 32.6 Å². The lowest BCUT2D eigenvalue weighted by Crippen LogP contribution is -2.28. The van der Waals surface area contributed by atoms with Gasteiger partial charge in [0.1, 0.15) is 0 Å². The van der Waals surface area contributed by atoms with Crippen LogP contribution in [0.25, 0.3) is 0 Å². The highest BCUT2D eigenvalue weighted by molar-refractivity contribution is 4.84. The van der Waals surface area contributed by atoms with Gasteiger partial charge in [0.15, 0.2) is 0 Å². The van der Waals surface area contributed by atoms with Gasteiger partial charge in [-0.2, -0.15) is 0 Å². The summed E-state index contributed by atoms with van der Waals surface area (Å²) in [6.45, 7) is 4.94. The fourth-order valence-electron chi connectivity index (χ4n) is 1.85. The minimum absolute atomic E-state index is 1.02. The summed E-state index contributed by atoms with van der Waals surface area (Å²) >= 11 is 0. The van der Waals surface area contributed by atoms with Crippen molar-refractivity contribution >= 4 is 0 Å². The number of nitrogens with one attached hydrogen (secondary N) is 1.